The number of benzene rings is 1. The summed E-state index contributed by atoms with van der Waals surface area (Å²) in [5.74, 6) is 0. The standard InChI is InChI=1S/C14H18ClN3S/c1-10(16)5-11-3-4-12(15)6-14(11)18(2)7-13-8-19-9-17-13/h3-4,6,8-10H,5,7,16H2,1-2H3. The first-order chi connectivity index (χ1) is 9.06. The fraction of sp³-hybridized carbons (Fsp3) is 0.357. The predicted molar refractivity (Wildman–Crippen MR) is 83.0 cm³/mol. The molecule has 0 fully saturated rings. The average Bonchev–Trinajstić information content (AvgIpc) is 2.83. The second kappa shape index (κ2) is 6.37. The van der Waals surface area contributed by atoms with Gasteiger partial charge in [0.25, 0.3) is 0 Å². The summed E-state index contributed by atoms with van der Waals surface area (Å²) in [5.41, 5.74) is 11.2. The maximum absolute atomic E-state index is 6.11. The van der Waals surface area contributed by atoms with E-state index in [9.17, 15) is 0 Å². The molecule has 0 spiro atoms. The summed E-state index contributed by atoms with van der Waals surface area (Å²) in [5, 5.41) is 2.81. The highest BCUT2D eigenvalue weighted by molar-refractivity contribution is 7.07. The molecular weight excluding hydrogens is 278 g/mol. The molecule has 102 valence electrons. The maximum atomic E-state index is 6.11. The minimum atomic E-state index is 0.132. The Balaban J connectivity index is 2.23. The monoisotopic (exact) mass is 295 g/mol. The van der Waals surface area contributed by atoms with Crippen LogP contribution >= 0.6 is 22.9 Å². The fourth-order valence-corrected chi connectivity index (χ4v) is 2.77. The molecule has 2 rings (SSSR count). The van der Waals surface area contributed by atoms with E-state index in [0.717, 1.165) is 29.4 Å². The van der Waals surface area contributed by atoms with Crippen LogP contribution in [0.3, 0.4) is 0 Å². The van der Waals surface area contributed by atoms with Gasteiger partial charge in [0.05, 0.1) is 17.7 Å². The normalized spacial score (nSPS) is 12.4. The Morgan fingerprint density at radius 2 is 2.26 bits per heavy atom. The van der Waals surface area contributed by atoms with Crippen molar-refractivity contribution in [1.29, 1.82) is 0 Å². The highest BCUT2D eigenvalue weighted by Gasteiger charge is 2.11. The van der Waals surface area contributed by atoms with Crippen LogP contribution < -0.4 is 10.6 Å². The average molecular weight is 296 g/mol. The van der Waals surface area contributed by atoms with Crippen molar-refractivity contribution < 1.29 is 0 Å². The molecule has 2 N–H and O–H groups in total. The lowest BCUT2D eigenvalue weighted by Gasteiger charge is -2.23. The molecular formula is C14H18ClN3S. The number of anilines is 1. The molecule has 1 heterocycles. The van der Waals surface area contributed by atoms with E-state index in [1.165, 1.54) is 5.56 Å². The van der Waals surface area contributed by atoms with Gasteiger partial charge in [-0.15, -0.1) is 11.3 Å². The molecule has 0 radical (unpaired) electrons. The smallest absolute Gasteiger partial charge is 0.0795 e. The van der Waals surface area contributed by atoms with Gasteiger partial charge in [-0.2, -0.15) is 0 Å². The van der Waals surface area contributed by atoms with Crippen LogP contribution in [0, 0.1) is 0 Å². The van der Waals surface area contributed by atoms with Crippen molar-refractivity contribution in [3.63, 3.8) is 0 Å². The van der Waals surface area contributed by atoms with Crippen LogP contribution in [-0.2, 0) is 13.0 Å². The molecule has 0 saturated carbocycles. The maximum Gasteiger partial charge on any atom is 0.0795 e. The third-order valence-electron chi connectivity index (χ3n) is 2.88. The van der Waals surface area contributed by atoms with E-state index in [1.54, 1.807) is 11.3 Å². The Labute approximate surface area is 123 Å². The largest absolute Gasteiger partial charge is 0.368 e. The molecule has 0 bridgehead atoms. The third-order valence-corrected chi connectivity index (χ3v) is 3.75. The lowest BCUT2D eigenvalue weighted by atomic mass is 10.0. The van der Waals surface area contributed by atoms with Crippen molar-refractivity contribution in [2.75, 3.05) is 11.9 Å². The molecule has 1 aromatic carbocycles. The number of hydrogen-bond donors (Lipinski definition) is 1. The Morgan fingerprint density at radius 3 is 2.89 bits per heavy atom. The van der Waals surface area contributed by atoms with E-state index in [-0.39, 0.29) is 6.04 Å². The van der Waals surface area contributed by atoms with Gasteiger partial charge in [-0.25, -0.2) is 4.98 Å². The Kier molecular flexibility index (Phi) is 4.80. The van der Waals surface area contributed by atoms with Crippen molar-refractivity contribution in [3.8, 4) is 0 Å². The molecule has 1 aromatic heterocycles. The van der Waals surface area contributed by atoms with Gasteiger partial charge in [-0.05, 0) is 31.0 Å². The second-order valence-electron chi connectivity index (χ2n) is 4.79. The second-order valence-corrected chi connectivity index (χ2v) is 5.95. The van der Waals surface area contributed by atoms with Crippen LogP contribution in [0.25, 0.3) is 0 Å². The Morgan fingerprint density at radius 1 is 1.47 bits per heavy atom. The first kappa shape index (κ1) is 14.3. The number of nitrogens with two attached hydrogens (primary N) is 1. The van der Waals surface area contributed by atoms with E-state index in [4.69, 9.17) is 17.3 Å². The van der Waals surface area contributed by atoms with E-state index in [1.807, 2.05) is 24.6 Å². The summed E-state index contributed by atoms with van der Waals surface area (Å²) in [6, 6.07) is 6.09. The Hall–Kier alpha value is -1.10. The highest BCUT2D eigenvalue weighted by atomic mass is 35.5. The van der Waals surface area contributed by atoms with E-state index in [0.29, 0.717) is 0 Å². The third kappa shape index (κ3) is 3.93. The molecule has 2 aromatic rings. The molecule has 19 heavy (non-hydrogen) atoms. The zero-order valence-electron chi connectivity index (χ0n) is 11.1. The van der Waals surface area contributed by atoms with Crippen LogP contribution in [0.2, 0.25) is 5.02 Å². The van der Waals surface area contributed by atoms with Gasteiger partial charge in [0.15, 0.2) is 0 Å². The molecule has 0 amide bonds. The number of nitrogens with zero attached hydrogens (tertiary/aromatic N) is 2. The highest BCUT2D eigenvalue weighted by Crippen LogP contribution is 2.26. The summed E-state index contributed by atoms with van der Waals surface area (Å²) < 4.78 is 0. The first-order valence-corrected chi connectivity index (χ1v) is 7.50. The number of halogens is 1. The number of hydrogen-bond acceptors (Lipinski definition) is 4. The lowest BCUT2D eigenvalue weighted by Crippen LogP contribution is -2.22. The molecule has 1 unspecified atom stereocenters. The summed E-state index contributed by atoms with van der Waals surface area (Å²) in [6.45, 7) is 2.79. The van der Waals surface area contributed by atoms with Crippen molar-refractivity contribution in [2.24, 2.45) is 5.73 Å². The van der Waals surface area contributed by atoms with Gasteiger partial charge >= 0.3 is 0 Å². The van der Waals surface area contributed by atoms with Gasteiger partial charge in [-0.1, -0.05) is 17.7 Å². The van der Waals surface area contributed by atoms with Crippen LogP contribution in [-0.4, -0.2) is 18.1 Å². The molecule has 0 aliphatic rings. The predicted octanol–water partition coefficient (Wildman–Crippen LogP) is 3.32. The first-order valence-electron chi connectivity index (χ1n) is 6.18. The molecule has 0 aliphatic heterocycles. The summed E-state index contributed by atoms with van der Waals surface area (Å²) in [4.78, 5) is 6.48. The van der Waals surface area contributed by atoms with Gasteiger partial charge in [0.2, 0.25) is 0 Å². The number of rotatable bonds is 5. The zero-order valence-corrected chi connectivity index (χ0v) is 12.7. The topological polar surface area (TPSA) is 42.1 Å². The molecule has 5 heteroatoms. The van der Waals surface area contributed by atoms with Crippen molar-refractivity contribution >= 4 is 28.6 Å². The minimum absolute atomic E-state index is 0.132. The SMILES string of the molecule is CC(N)Cc1ccc(Cl)cc1N(C)Cc1cscn1. The van der Waals surface area contributed by atoms with E-state index in [2.05, 4.69) is 28.4 Å². The van der Waals surface area contributed by atoms with Crippen LogP contribution in [0.4, 0.5) is 5.69 Å². The van der Waals surface area contributed by atoms with E-state index < -0.39 is 0 Å². The van der Waals surface area contributed by atoms with Gasteiger partial charge in [0, 0.05) is 29.2 Å². The number of aromatic nitrogens is 1. The Bertz CT molecular complexity index is 525. The molecule has 1 atom stereocenters. The van der Waals surface area contributed by atoms with Crippen molar-refractivity contribution in [3.05, 3.63) is 45.4 Å². The molecule has 0 saturated heterocycles. The van der Waals surface area contributed by atoms with Crippen LogP contribution in [0.5, 0.6) is 0 Å². The zero-order chi connectivity index (χ0) is 13.8. The lowest BCUT2D eigenvalue weighted by molar-refractivity contribution is 0.733. The van der Waals surface area contributed by atoms with Crippen LogP contribution in [0.1, 0.15) is 18.2 Å². The van der Waals surface area contributed by atoms with Crippen molar-refractivity contribution in [2.45, 2.75) is 25.9 Å². The summed E-state index contributed by atoms with van der Waals surface area (Å²) >= 11 is 7.72. The van der Waals surface area contributed by atoms with E-state index >= 15 is 0 Å². The fourth-order valence-electron chi connectivity index (χ4n) is 2.06. The molecule has 3 nitrogen and oxygen atoms in total. The van der Waals surface area contributed by atoms with Crippen LogP contribution in [0.15, 0.2) is 29.1 Å². The minimum Gasteiger partial charge on any atom is -0.368 e. The summed E-state index contributed by atoms with van der Waals surface area (Å²) in [6.07, 6.45) is 0.841. The van der Waals surface area contributed by atoms with Gasteiger partial charge < -0.3 is 10.6 Å². The van der Waals surface area contributed by atoms with Crippen molar-refractivity contribution in [1.82, 2.24) is 4.98 Å². The number of thiazole rings is 1. The van der Waals surface area contributed by atoms with Gasteiger partial charge in [0.1, 0.15) is 0 Å². The quantitative estimate of drug-likeness (QED) is 0.920. The molecule has 0 aliphatic carbocycles. The summed E-state index contributed by atoms with van der Waals surface area (Å²) in [7, 11) is 2.05. The van der Waals surface area contributed by atoms with Gasteiger partial charge in [-0.3, -0.25) is 0 Å².